The van der Waals surface area contributed by atoms with Gasteiger partial charge in [-0.2, -0.15) is 0 Å². The Morgan fingerprint density at radius 2 is 1.81 bits per heavy atom. The van der Waals surface area contributed by atoms with E-state index in [1.54, 1.807) is 0 Å². The molecule has 0 saturated carbocycles. The molecule has 0 amide bonds. The van der Waals surface area contributed by atoms with Crippen LogP contribution in [-0.4, -0.2) is 61.6 Å². The third kappa shape index (κ3) is 6.29. The van der Waals surface area contributed by atoms with Crippen molar-refractivity contribution in [1.29, 1.82) is 0 Å². The molecule has 0 spiro atoms. The molecular weight excluding hydrogens is 322 g/mol. The predicted molar refractivity (Wildman–Crippen MR) is 112 cm³/mol. The lowest BCUT2D eigenvalue weighted by Crippen LogP contribution is -2.44. The normalized spacial score (nSPS) is 18.5. The van der Waals surface area contributed by atoms with Gasteiger partial charge in [-0.25, -0.2) is 0 Å². The van der Waals surface area contributed by atoms with Crippen molar-refractivity contribution in [2.45, 2.75) is 52.7 Å². The number of rotatable bonds is 9. The fourth-order valence-electron chi connectivity index (χ4n) is 3.63. The number of nitrogens with zero attached hydrogens (tertiary/aromatic N) is 3. The van der Waals surface area contributed by atoms with Crippen LogP contribution < -0.4 is 10.6 Å². The first-order chi connectivity index (χ1) is 12.7. The summed E-state index contributed by atoms with van der Waals surface area (Å²) in [5, 5.41) is 6.92. The molecule has 1 aromatic carbocycles. The van der Waals surface area contributed by atoms with Crippen LogP contribution in [0, 0.1) is 0 Å². The summed E-state index contributed by atoms with van der Waals surface area (Å²) in [4.78, 5) is 9.35. The third-order valence-corrected chi connectivity index (χ3v) is 5.42. The van der Waals surface area contributed by atoms with Crippen LogP contribution in [0.15, 0.2) is 29.3 Å². The zero-order valence-corrected chi connectivity index (χ0v) is 17.1. The van der Waals surface area contributed by atoms with Crippen molar-refractivity contribution < 1.29 is 0 Å². The van der Waals surface area contributed by atoms with Gasteiger partial charge in [-0.05, 0) is 50.1 Å². The number of likely N-dealkylation sites (N-methyl/N-ethyl adjacent to an activating group) is 1. The second-order valence-electron chi connectivity index (χ2n) is 7.01. The molecule has 1 atom stereocenters. The average Bonchev–Trinajstić information content (AvgIpc) is 3.14. The minimum absolute atomic E-state index is 0.637. The molecule has 1 unspecified atom stereocenters. The maximum atomic E-state index is 4.36. The monoisotopic (exact) mass is 359 g/mol. The van der Waals surface area contributed by atoms with Crippen molar-refractivity contribution in [3.8, 4) is 0 Å². The van der Waals surface area contributed by atoms with Gasteiger partial charge in [0.2, 0.25) is 0 Å². The van der Waals surface area contributed by atoms with E-state index >= 15 is 0 Å². The number of guanidine groups is 1. The smallest absolute Gasteiger partial charge is 0.191 e. The highest BCUT2D eigenvalue weighted by Crippen LogP contribution is 2.15. The summed E-state index contributed by atoms with van der Waals surface area (Å²) < 4.78 is 0. The molecule has 1 aliphatic rings. The van der Waals surface area contributed by atoms with Gasteiger partial charge in [0.25, 0.3) is 0 Å². The van der Waals surface area contributed by atoms with Gasteiger partial charge in [-0.3, -0.25) is 14.8 Å². The molecule has 5 heteroatoms. The Kier molecular flexibility index (Phi) is 8.92. The lowest BCUT2D eigenvalue weighted by molar-refractivity contribution is 0.267. The molecule has 0 aromatic heterocycles. The number of nitrogens with one attached hydrogen (secondary N) is 2. The molecule has 1 heterocycles. The Hall–Kier alpha value is -1.59. The number of benzene rings is 1. The van der Waals surface area contributed by atoms with E-state index in [4.69, 9.17) is 0 Å². The van der Waals surface area contributed by atoms with Crippen LogP contribution in [0.5, 0.6) is 0 Å². The summed E-state index contributed by atoms with van der Waals surface area (Å²) in [5.41, 5.74) is 2.66. The molecule has 26 heavy (non-hydrogen) atoms. The van der Waals surface area contributed by atoms with Crippen LogP contribution in [0.25, 0.3) is 0 Å². The second-order valence-corrected chi connectivity index (χ2v) is 7.01. The third-order valence-electron chi connectivity index (χ3n) is 5.42. The molecule has 1 saturated heterocycles. The molecular formula is C21H37N5. The lowest BCUT2D eigenvalue weighted by Gasteiger charge is -2.24. The minimum Gasteiger partial charge on any atom is -0.355 e. The number of aliphatic imine (C=N–C) groups is 1. The van der Waals surface area contributed by atoms with Crippen molar-refractivity contribution in [1.82, 2.24) is 20.4 Å². The Morgan fingerprint density at radius 1 is 1.12 bits per heavy atom. The van der Waals surface area contributed by atoms with Gasteiger partial charge in [-0.1, -0.05) is 45.0 Å². The highest BCUT2D eigenvalue weighted by atomic mass is 15.2. The molecule has 0 radical (unpaired) electrons. The first kappa shape index (κ1) is 20.7. The van der Waals surface area contributed by atoms with Crippen LogP contribution in [0.4, 0.5) is 0 Å². The van der Waals surface area contributed by atoms with Crippen molar-refractivity contribution in [3.05, 3.63) is 35.4 Å². The zero-order chi connectivity index (χ0) is 18.8. The van der Waals surface area contributed by atoms with E-state index in [2.05, 4.69) is 70.5 Å². The first-order valence-electron chi connectivity index (χ1n) is 10.2. The molecule has 5 nitrogen and oxygen atoms in total. The highest BCUT2D eigenvalue weighted by Gasteiger charge is 2.22. The molecule has 2 rings (SSSR count). The maximum absolute atomic E-state index is 4.36. The van der Waals surface area contributed by atoms with Gasteiger partial charge in [-0.15, -0.1) is 0 Å². The summed E-state index contributed by atoms with van der Waals surface area (Å²) in [5.74, 6) is 0.889. The van der Waals surface area contributed by atoms with E-state index in [0.29, 0.717) is 6.04 Å². The van der Waals surface area contributed by atoms with Gasteiger partial charge >= 0.3 is 0 Å². The van der Waals surface area contributed by atoms with E-state index in [0.717, 1.165) is 45.2 Å². The van der Waals surface area contributed by atoms with Gasteiger partial charge in [0.05, 0.1) is 0 Å². The first-order valence-corrected chi connectivity index (χ1v) is 10.2. The van der Waals surface area contributed by atoms with Crippen LogP contribution in [-0.2, 0) is 13.1 Å². The fourth-order valence-corrected chi connectivity index (χ4v) is 3.63. The Bertz CT molecular complexity index is 536. The fraction of sp³-hybridized carbons (Fsp3) is 0.667. The summed E-state index contributed by atoms with van der Waals surface area (Å²) in [6.45, 7) is 14.0. The Balaban J connectivity index is 1.77. The molecule has 0 bridgehead atoms. The summed E-state index contributed by atoms with van der Waals surface area (Å²) in [6.07, 6.45) is 2.60. The molecule has 1 aliphatic heterocycles. The lowest BCUT2D eigenvalue weighted by atomic mass is 10.1. The van der Waals surface area contributed by atoms with Crippen LogP contribution in [0.3, 0.4) is 0 Å². The highest BCUT2D eigenvalue weighted by molar-refractivity contribution is 5.79. The van der Waals surface area contributed by atoms with Crippen molar-refractivity contribution in [3.63, 3.8) is 0 Å². The quantitative estimate of drug-likeness (QED) is 0.525. The summed E-state index contributed by atoms with van der Waals surface area (Å²) in [6, 6.07) is 9.55. The SMILES string of the molecule is CCN(CC)Cc1ccc(CNC(=NC)NCC2CCCN2CC)cc1. The predicted octanol–water partition coefficient (Wildman–Crippen LogP) is 2.68. The number of hydrogen-bond acceptors (Lipinski definition) is 3. The Morgan fingerprint density at radius 3 is 2.42 bits per heavy atom. The molecule has 1 aromatic rings. The standard InChI is InChI=1S/C21H37N5/c1-5-25(6-2)17-19-12-10-18(11-13-19)15-23-21(22-4)24-16-20-9-8-14-26(20)7-3/h10-13,20H,5-9,14-17H2,1-4H3,(H2,22,23,24). The Labute approximate surface area is 159 Å². The van der Waals surface area contributed by atoms with Gasteiger partial charge in [0, 0.05) is 32.7 Å². The van der Waals surface area contributed by atoms with E-state index in [9.17, 15) is 0 Å². The number of likely N-dealkylation sites (tertiary alicyclic amines) is 1. The van der Waals surface area contributed by atoms with Gasteiger partial charge in [0.1, 0.15) is 0 Å². The van der Waals surface area contributed by atoms with Crippen molar-refractivity contribution >= 4 is 5.96 Å². The van der Waals surface area contributed by atoms with Crippen molar-refractivity contribution in [2.24, 2.45) is 4.99 Å². The molecule has 146 valence electrons. The summed E-state index contributed by atoms with van der Waals surface area (Å²) in [7, 11) is 1.84. The van der Waals surface area contributed by atoms with E-state index < -0.39 is 0 Å². The topological polar surface area (TPSA) is 42.9 Å². The minimum atomic E-state index is 0.637. The van der Waals surface area contributed by atoms with Gasteiger partial charge < -0.3 is 10.6 Å². The van der Waals surface area contributed by atoms with Crippen LogP contribution in [0.1, 0.15) is 44.7 Å². The van der Waals surface area contributed by atoms with Crippen LogP contribution >= 0.6 is 0 Å². The largest absolute Gasteiger partial charge is 0.355 e. The molecule has 1 fully saturated rings. The zero-order valence-electron chi connectivity index (χ0n) is 17.1. The molecule has 0 aliphatic carbocycles. The van der Waals surface area contributed by atoms with Crippen molar-refractivity contribution in [2.75, 3.05) is 39.8 Å². The van der Waals surface area contributed by atoms with E-state index in [1.807, 2.05) is 7.05 Å². The van der Waals surface area contributed by atoms with Gasteiger partial charge in [0.15, 0.2) is 5.96 Å². The average molecular weight is 360 g/mol. The maximum Gasteiger partial charge on any atom is 0.191 e. The van der Waals surface area contributed by atoms with E-state index in [-0.39, 0.29) is 0 Å². The second kappa shape index (κ2) is 11.2. The van der Waals surface area contributed by atoms with E-state index in [1.165, 1.54) is 30.5 Å². The summed E-state index contributed by atoms with van der Waals surface area (Å²) >= 11 is 0. The van der Waals surface area contributed by atoms with Crippen LogP contribution in [0.2, 0.25) is 0 Å². The number of hydrogen-bond donors (Lipinski definition) is 2. The molecule has 2 N–H and O–H groups in total.